The lowest BCUT2D eigenvalue weighted by Crippen LogP contribution is -2.17. The molecule has 0 saturated heterocycles. The lowest BCUT2D eigenvalue weighted by atomic mass is 9.87. The van der Waals surface area contributed by atoms with Gasteiger partial charge in [-0.1, -0.05) is 99.9 Å². The molecule has 1 aliphatic rings. The second-order valence-corrected chi connectivity index (χ2v) is 8.16. The molecule has 3 nitrogen and oxygen atoms in total. The summed E-state index contributed by atoms with van der Waals surface area (Å²) >= 11 is 0. The average Bonchev–Trinajstić information content (AvgIpc) is 2.84. The smallest absolute Gasteiger partial charge is 0.338 e. The van der Waals surface area contributed by atoms with Crippen LogP contribution in [0, 0.1) is 5.92 Å². The molecule has 3 heteroatoms. The van der Waals surface area contributed by atoms with Gasteiger partial charge in [-0.25, -0.2) is 4.79 Å². The number of ketones is 1. The third kappa shape index (κ3) is 6.04. The molecule has 162 valence electrons. The number of carbonyl (C=O) groups excluding carboxylic acids is 2. The zero-order valence-corrected chi connectivity index (χ0v) is 18.6. The molecule has 0 fully saturated rings. The van der Waals surface area contributed by atoms with E-state index < -0.39 is 5.97 Å². The summed E-state index contributed by atoms with van der Waals surface area (Å²) in [6.45, 7) is 4.69. The van der Waals surface area contributed by atoms with Gasteiger partial charge in [-0.05, 0) is 30.4 Å². The molecule has 31 heavy (non-hydrogen) atoms. The van der Waals surface area contributed by atoms with E-state index in [0.29, 0.717) is 29.2 Å². The van der Waals surface area contributed by atoms with Gasteiger partial charge in [0, 0.05) is 17.1 Å². The van der Waals surface area contributed by atoms with Crippen molar-refractivity contribution in [2.24, 2.45) is 5.92 Å². The number of unbranched alkanes of at least 4 members (excludes halogenated alkanes) is 1. The maximum Gasteiger partial charge on any atom is 0.338 e. The van der Waals surface area contributed by atoms with Crippen molar-refractivity contribution in [3.05, 3.63) is 95.1 Å². The summed E-state index contributed by atoms with van der Waals surface area (Å²) in [6, 6.07) is 17.2. The Kier molecular flexibility index (Phi) is 8.40. The highest BCUT2D eigenvalue weighted by Gasteiger charge is 2.22. The first-order valence-electron chi connectivity index (χ1n) is 11.4. The van der Waals surface area contributed by atoms with Gasteiger partial charge in [-0.3, -0.25) is 4.79 Å². The minimum Gasteiger partial charge on any atom is -0.462 e. The molecule has 2 unspecified atom stereocenters. The minimum atomic E-state index is -0.415. The van der Waals surface area contributed by atoms with Crippen LogP contribution in [-0.4, -0.2) is 18.4 Å². The molecule has 0 saturated carbocycles. The lowest BCUT2D eigenvalue weighted by Gasteiger charge is -2.17. The number of esters is 1. The number of hydrogen-bond acceptors (Lipinski definition) is 3. The Morgan fingerprint density at radius 1 is 1.00 bits per heavy atom. The number of ether oxygens (including phenoxy) is 1. The molecule has 0 bridgehead atoms. The Labute approximate surface area is 185 Å². The van der Waals surface area contributed by atoms with Crippen LogP contribution in [0.2, 0.25) is 0 Å². The molecule has 0 aromatic heterocycles. The maximum absolute atomic E-state index is 13.2. The van der Waals surface area contributed by atoms with Crippen LogP contribution < -0.4 is 0 Å². The fourth-order valence-corrected chi connectivity index (χ4v) is 3.92. The van der Waals surface area contributed by atoms with Crippen molar-refractivity contribution in [3.63, 3.8) is 0 Å². The van der Waals surface area contributed by atoms with Gasteiger partial charge in [-0.15, -0.1) is 0 Å². The third-order valence-corrected chi connectivity index (χ3v) is 5.97. The van der Waals surface area contributed by atoms with Gasteiger partial charge in [0.25, 0.3) is 0 Å². The highest BCUT2D eigenvalue weighted by molar-refractivity contribution is 6.15. The van der Waals surface area contributed by atoms with Crippen molar-refractivity contribution in [2.75, 3.05) is 6.61 Å². The zero-order valence-electron chi connectivity index (χ0n) is 18.6. The summed E-state index contributed by atoms with van der Waals surface area (Å²) in [6.07, 6.45) is 11.0. The monoisotopic (exact) mass is 416 g/mol. The fraction of sp³-hybridized carbons (Fsp3) is 0.357. The Bertz CT molecular complexity index is 940. The predicted molar refractivity (Wildman–Crippen MR) is 125 cm³/mol. The summed E-state index contributed by atoms with van der Waals surface area (Å²) in [7, 11) is 0. The van der Waals surface area contributed by atoms with E-state index in [4.69, 9.17) is 4.74 Å². The summed E-state index contributed by atoms with van der Waals surface area (Å²) < 4.78 is 5.60. The molecule has 2 aromatic rings. The molecule has 0 aliphatic heterocycles. The molecule has 1 aliphatic carbocycles. The largest absolute Gasteiger partial charge is 0.462 e. The van der Waals surface area contributed by atoms with E-state index in [9.17, 15) is 9.59 Å². The summed E-state index contributed by atoms with van der Waals surface area (Å²) in [4.78, 5) is 25.9. The maximum atomic E-state index is 13.2. The van der Waals surface area contributed by atoms with Crippen molar-refractivity contribution >= 4 is 11.8 Å². The van der Waals surface area contributed by atoms with Crippen LogP contribution in [-0.2, 0) is 4.74 Å². The van der Waals surface area contributed by atoms with Gasteiger partial charge in [0.2, 0.25) is 0 Å². The van der Waals surface area contributed by atoms with Crippen molar-refractivity contribution in [2.45, 2.75) is 51.9 Å². The van der Waals surface area contributed by atoms with Gasteiger partial charge in [0.15, 0.2) is 5.78 Å². The average molecular weight is 417 g/mol. The van der Waals surface area contributed by atoms with E-state index in [1.54, 1.807) is 24.3 Å². The Balaban J connectivity index is 1.68. The number of rotatable bonds is 10. The van der Waals surface area contributed by atoms with Gasteiger partial charge < -0.3 is 4.74 Å². The van der Waals surface area contributed by atoms with Crippen LogP contribution in [0.15, 0.2) is 78.4 Å². The van der Waals surface area contributed by atoms with Crippen molar-refractivity contribution in [1.29, 1.82) is 0 Å². The van der Waals surface area contributed by atoms with E-state index in [1.807, 2.05) is 30.4 Å². The number of hydrogen-bond donors (Lipinski definition) is 0. The molecule has 0 amide bonds. The van der Waals surface area contributed by atoms with E-state index in [0.717, 1.165) is 32.1 Å². The summed E-state index contributed by atoms with van der Waals surface area (Å²) in [5.41, 5.74) is 2.61. The SMILES string of the molecule is CCCCC(CC)COC(=O)c1ccccc1C(=O)C1=CCC(c2ccccc2)C=C1. The quantitative estimate of drug-likeness (QED) is 0.312. The first-order chi connectivity index (χ1) is 15.1. The molecule has 0 heterocycles. The van der Waals surface area contributed by atoms with E-state index >= 15 is 0 Å². The molecule has 3 rings (SSSR count). The van der Waals surface area contributed by atoms with E-state index in [2.05, 4.69) is 32.1 Å². The molecular weight excluding hydrogens is 384 g/mol. The normalized spacial score (nSPS) is 16.5. The molecule has 2 atom stereocenters. The highest BCUT2D eigenvalue weighted by atomic mass is 16.5. The van der Waals surface area contributed by atoms with Crippen LogP contribution in [0.4, 0.5) is 0 Å². The van der Waals surface area contributed by atoms with Crippen molar-refractivity contribution in [1.82, 2.24) is 0 Å². The Morgan fingerprint density at radius 3 is 2.35 bits per heavy atom. The van der Waals surface area contributed by atoms with Gasteiger partial charge in [0.05, 0.1) is 12.2 Å². The second-order valence-electron chi connectivity index (χ2n) is 8.16. The molecule has 0 spiro atoms. The van der Waals surface area contributed by atoms with Crippen LogP contribution >= 0.6 is 0 Å². The minimum absolute atomic E-state index is 0.131. The van der Waals surface area contributed by atoms with Gasteiger partial charge in [0.1, 0.15) is 0 Å². The first kappa shape index (κ1) is 22.7. The molecule has 0 N–H and O–H groups in total. The third-order valence-electron chi connectivity index (χ3n) is 5.97. The number of carbonyl (C=O) groups is 2. The van der Waals surface area contributed by atoms with Crippen LogP contribution in [0.5, 0.6) is 0 Å². The van der Waals surface area contributed by atoms with Crippen LogP contribution in [0.3, 0.4) is 0 Å². The van der Waals surface area contributed by atoms with E-state index in [1.165, 1.54) is 5.56 Å². The predicted octanol–water partition coefficient (Wildman–Crippen LogP) is 6.91. The van der Waals surface area contributed by atoms with Crippen molar-refractivity contribution in [3.8, 4) is 0 Å². The topological polar surface area (TPSA) is 43.4 Å². The van der Waals surface area contributed by atoms with E-state index in [-0.39, 0.29) is 11.7 Å². The standard InChI is InChI=1S/C28H32O3/c1-3-5-11-21(4-2)20-31-28(30)26-15-10-9-14-25(26)27(29)24-18-16-23(17-19-24)22-12-7-6-8-13-22/h6-10,12-16,18-19,21,23H,3-5,11,17,20H2,1-2H3. The highest BCUT2D eigenvalue weighted by Crippen LogP contribution is 2.28. The fourth-order valence-electron chi connectivity index (χ4n) is 3.92. The van der Waals surface area contributed by atoms with Crippen LogP contribution in [0.25, 0.3) is 0 Å². The molecule has 2 aromatic carbocycles. The summed E-state index contributed by atoms with van der Waals surface area (Å²) in [5, 5.41) is 0. The first-order valence-corrected chi connectivity index (χ1v) is 11.4. The zero-order chi connectivity index (χ0) is 22.1. The Morgan fingerprint density at radius 2 is 1.71 bits per heavy atom. The lowest BCUT2D eigenvalue weighted by molar-refractivity contribution is 0.0426. The number of allylic oxidation sites excluding steroid dienone is 4. The van der Waals surface area contributed by atoms with Gasteiger partial charge >= 0.3 is 5.97 Å². The van der Waals surface area contributed by atoms with Crippen LogP contribution in [0.1, 0.15) is 78.1 Å². The van der Waals surface area contributed by atoms with Gasteiger partial charge in [-0.2, -0.15) is 0 Å². The second kappa shape index (κ2) is 11.5. The Hall–Kier alpha value is -2.94. The molecule has 0 radical (unpaired) electrons. The number of benzene rings is 2. The number of Topliss-reactive ketones (excluding diaryl/α,β-unsaturated/α-hetero) is 1. The molecular formula is C28H32O3. The van der Waals surface area contributed by atoms with Crippen molar-refractivity contribution < 1.29 is 14.3 Å². The summed E-state index contributed by atoms with van der Waals surface area (Å²) in [5.74, 6) is 0.0903.